The topological polar surface area (TPSA) is 0 Å². The lowest BCUT2D eigenvalue weighted by Gasteiger charge is -2.29. The molecule has 0 aliphatic rings. The van der Waals surface area contributed by atoms with Crippen LogP contribution in [0.2, 0.25) is 25.3 Å². The molecule has 0 amide bonds. The quantitative estimate of drug-likeness (QED) is 0.382. The van der Waals surface area contributed by atoms with Crippen molar-refractivity contribution in [2.75, 3.05) is 0 Å². The van der Waals surface area contributed by atoms with E-state index in [0.29, 0.717) is 5.41 Å². The Morgan fingerprint density at radius 3 is 0.889 bits per heavy atom. The maximum atomic E-state index is 2.30. The molecule has 0 fully saturated rings. The third-order valence-electron chi connectivity index (χ3n) is 3.00. The fourth-order valence-corrected chi connectivity index (χ4v) is 1.50. The fourth-order valence-electron chi connectivity index (χ4n) is 1.50. The van der Waals surface area contributed by atoms with Crippen LogP contribution in [0.5, 0.6) is 0 Å². The summed E-state index contributed by atoms with van der Waals surface area (Å²) in [7, 11) is 9.21. The molecule has 4 heteroatoms. The van der Waals surface area contributed by atoms with Crippen LogP contribution in [0.25, 0.3) is 0 Å². The maximum absolute atomic E-state index is 2.30. The molecular weight excluding hydrogens is 103 g/mol. The Balaban J connectivity index is 3.82. The SMILES string of the molecule is BCC(CB)(CB)CB. The van der Waals surface area contributed by atoms with Crippen molar-refractivity contribution >= 4 is 31.4 Å². The number of hydrogen-bond donors (Lipinski definition) is 0. The highest BCUT2D eigenvalue weighted by Gasteiger charge is 2.19. The molecule has 0 aromatic heterocycles. The Kier molecular flexibility index (Phi) is 4.25. The zero-order valence-corrected chi connectivity index (χ0v) is 7.33. The van der Waals surface area contributed by atoms with E-state index in [1.165, 1.54) is 25.3 Å². The molecule has 0 aromatic carbocycles. The van der Waals surface area contributed by atoms with Crippen LogP contribution in [-0.4, -0.2) is 31.4 Å². The fraction of sp³-hybridized carbons (Fsp3) is 1.00. The summed E-state index contributed by atoms with van der Waals surface area (Å²) in [5.74, 6) is 0. The first-order valence-corrected chi connectivity index (χ1v) is 4.24. The van der Waals surface area contributed by atoms with Crippen LogP contribution in [0.3, 0.4) is 0 Å². The van der Waals surface area contributed by atoms with Crippen molar-refractivity contribution in [2.24, 2.45) is 5.41 Å². The lowest BCUT2D eigenvalue weighted by atomic mass is 9.57. The summed E-state index contributed by atoms with van der Waals surface area (Å²) < 4.78 is 0. The summed E-state index contributed by atoms with van der Waals surface area (Å²) in [6.45, 7) is 0. The van der Waals surface area contributed by atoms with Crippen LogP contribution in [0, 0.1) is 5.41 Å². The van der Waals surface area contributed by atoms with Gasteiger partial charge in [-0.25, -0.2) is 0 Å². The van der Waals surface area contributed by atoms with Gasteiger partial charge in [0, 0.05) is 0 Å². The van der Waals surface area contributed by atoms with Crippen LogP contribution in [-0.2, 0) is 0 Å². The average molecular weight is 119 g/mol. The van der Waals surface area contributed by atoms with Crippen molar-refractivity contribution in [2.45, 2.75) is 25.3 Å². The van der Waals surface area contributed by atoms with Crippen molar-refractivity contribution in [1.82, 2.24) is 0 Å². The predicted molar refractivity (Wildman–Crippen MR) is 55.8 cm³/mol. The summed E-state index contributed by atoms with van der Waals surface area (Å²) in [5, 5.41) is 0. The van der Waals surface area contributed by atoms with Crippen LogP contribution in [0.4, 0.5) is 0 Å². The summed E-state index contributed by atoms with van der Waals surface area (Å²) >= 11 is 0. The predicted octanol–water partition coefficient (Wildman–Crippen LogP) is -1.82. The zero-order valence-electron chi connectivity index (χ0n) is 7.33. The summed E-state index contributed by atoms with van der Waals surface area (Å²) in [6.07, 6.45) is 5.38. The first-order chi connectivity index (χ1) is 4.24. The van der Waals surface area contributed by atoms with Crippen LogP contribution in [0.1, 0.15) is 0 Å². The molecule has 0 spiro atoms. The minimum absolute atomic E-state index is 0.667. The van der Waals surface area contributed by atoms with Crippen molar-refractivity contribution in [3.05, 3.63) is 0 Å². The first kappa shape index (κ1) is 9.26. The average Bonchev–Trinajstić information content (AvgIpc) is 1.95. The largest absolute Gasteiger partial charge is 0.101 e. The molecule has 0 bridgehead atoms. The molecule has 0 saturated carbocycles. The molecule has 0 aromatic rings. The van der Waals surface area contributed by atoms with E-state index >= 15 is 0 Å². The van der Waals surface area contributed by atoms with Gasteiger partial charge in [0.25, 0.3) is 0 Å². The van der Waals surface area contributed by atoms with E-state index in [9.17, 15) is 0 Å². The van der Waals surface area contributed by atoms with Gasteiger partial charge >= 0.3 is 0 Å². The van der Waals surface area contributed by atoms with Gasteiger partial charge < -0.3 is 0 Å². The normalized spacial score (nSPS) is 11.6. The second kappa shape index (κ2) is 4.14. The van der Waals surface area contributed by atoms with Crippen molar-refractivity contribution in [1.29, 1.82) is 0 Å². The van der Waals surface area contributed by atoms with E-state index in [1.807, 2.05) is 0 Å². The molecule has 0 radical (unpaired) electrons. The molecule has 0 atom stereocenters. The van der Waals surface area contributed by atoms with Gasteiger partial charge in [-0.05, 0) is 0 Å². The maximum Gasteiger partial charge on any atom is 0.101 e. The molecule has 9 heavy (non-hydrogen) atoms. The lowest BCUT2D eigenvalue weighted by Crippen LogP contribution is -2.18. The van der Waals surface area contributed by atoms with Crippen molar-refractivity contribution in [3.8, 4) is 0 Å². The second-order valence-corrected chi connectivity index (χ2v) is 2.91. The van der Waals surface area contributed by atoms with Gasteiger partial charge in [-0.3, -0.25) is 0 Å². The van der Waals surface area contributed by atoms with Gasteiger partial charge in [0.05, 0.1) is 0 Å². The van der Waals surface area contributed by atoms with Gasteiger partial charge in [0.1, 0.15) is 31.4 Å². The monoisotopic (exact) mass is 120 g/mol. The Labute approximate surface area is 62.8 Å². The Morgan fingerprint density at radius 2 is 0.889 bits per heavy atom. The van der Waals surface area contributed by atoms with E-state index in [1.54, 1.807) is 0 Å². The molecular formula is C5H16B4. The van der Waals surface area contributed by atoms with Crippen LogP contribution < -0.4 is 0 Å². The molecule has 0 nitrogen and oxygen atoms in total. The molecule has 0 heterocycles. The highest BCUT2D eigenvalue weighted by atomic mass is 14.2. The van der Waals surface area contributed by atoms with Gasteiger partial charge in [-0.15, -0.1) is 0 Å². The minimum atomic E-state index is 0.667. The third kappa shape index (κ3) is 2.15. The summed E-state index contributed by atoms with van der Waals surface area (Å²) in [5.41, 5.74) is 0.667. The molecule has 0 rings (SSSR count). The van der Waals surface area contributed by atoms with Gasteiger partial charge in [-0.1, -0.05) is 30.7 Å². The van der Waals surface area contributed by atoms with Crippen molar-refractivity contribution < 1.29 is 0 Å². The smallest absolute Gasteiger partial charge is 0.0775 e. The van der Waals surface area contributed by atoms with E-state index in [2.05, 4.69) is 31.4 Å². The Bertz CT molecular complexity index is 51.8. The zero-order chi connectivity index (χ0) is 7.33. The van der Waals surface area contributed by atoms with Gasteiger partial charge in [0.2, 0.25) is 0 Å². The third-order valence-corrected chi connectivity index (χ3v) is 3.00. The lowest BCUT2D eigenvalue weighted by molar-refractivity contribution is 0.469. The van der Waals surface area contributed by atoms with E-state index < -0.39 is 0 Å². The summed E-state index contributed by atoms with van der Waals surface area (Å²) in [4.78, 5) is 0. The molecule has 0 saturated heterocycles. The van der Waals surface area contributed by atoms with Gasteiger partial charge in [-0.2, -0.15) is 0 Å². The standard InChI is InChI=1S/C5H16B4/c6-1-5(2-7,3-8)4-9/h1-4,6-9H2. The molecule has 48 valence electrons. The van der Waals surface area contributed by atoms with Crippen LogP contribution >= 0.6 is 0 Å². The molecule has 0 aliphatic heterocycles. The minimum Gasteiger partial charge on any atom is -0.0775 e. The Morgan fingerprint density at radius 1 is 0.667 bits per heavy atom. The van der Waals surface area contributed by atoms with E-state index in [-0.39, 0.29) is 0 Å². The molecule has 0 unspecified atom stereocenters. The highest BCUT2D eigenvalue weighted by molar-refractivity contribution is 6.18. The molecule has 0 N–H and O–H groups in total. The Hall–Kier alpha value is 0.260. The van der Waals surface area contributed by atoms with Gasteiger partial charge in [0.15, 0.2) is 0 Å². The van der Waals surface area contributed by atoms with Crippen molar-refractivity contribution in [3.63, 3.8) is 0 Å². The van der Waals surface area contributed by atoms with E-state index in [4.69, 9.17) is 0 Å². The molecule has 0 aliphatic carbocycles. The second-order valence-electron chi connectivity index (χ2n) is 2.91. The number of rotatable bonds is 4. The number of hydrogen-bond acceptors (Lipinski definition) is 0. The van der Waals surface area contributed by atoms with Crippen LogP contribution in [0.15, 0.2) is 0 Å². The van der Waals surface area contributed by atoms with E-state index in [0.717, 1.165) is 0 Å². The first-order valence-electron chi connectivity index (χ1n) is 4.24. The highest BCUT2D eigenvalue weighted by Crippen LogP contribution is 2.32. The summed E-state index contributed by atoms with van der Waals surface area (Å²) in [6, 6.07) is 0.